The number of carboxylic acid groups (broad SMARTS) is 1. The molecule has 55 heavy (non-hydrogen) atoms. The molecule has 2 aromatic rings. The van der Waals surface area contributed by atoms with Crippen molar-refractivity contribution in [2.75, 3.05) is 31.1 Å². The molecule has 0 spiro atoms. The van der Waals surface area contributed by atoms with Crippen LogP contribution in [0.4, 0.5) is 9.59 Å². The van der Waals surface area contributed by atoms with E-state index in [2.05, 4.69) is 31.5 Å². The highest BCUT2D eigenvalue weighted by molar-refractivity contribution is 8.01. The van der Waals surface area contributed by atoms with Crippen LogP contribution in [0.5, 0.6) is 11.5 Å². The Kier molecular flexibility index (Phi) is 11.9. The molecule has 3 atom stereocenters. The smallest absolute Gasteiger partial charge is 0.449 e. The van der Waals surface area contributed by atoms with Gasteiger partial charge in [-0.3, -0.25) is 43.4 Å². The highest BCUT2D eigenvalue weighted by Crippen LogP contribution is 2.46. The van der Waals surface area contributed by atoms with Crippen molar-refractivity contribution in [2.24, 2.45) is 7.05 Å². The van der Waals surface area contributed by atoms with Crippen LogP contribution >= 0.6 is 23.5 Å². The summed E-state index contributed by atoms with van der Waals surface area (Å²) in [6.45, 7) is 3.73. The summed E-state index contributed by atoms with van der Waals surface area (Å²) in [6.07, 6.45) is -1.63. The number of aryl methyl sites for hydroxylation is 1. The van der Waals surface area contributed by atoms with Crippen LogP contribution in [-0.4, -0.2) is 136 Å². The lowest BCUT2D eigenvalue weighted by Gasteiger charge is -2.56. The molecule has 25 heteroatoms. The maximum Gasteiger partial charge on any atom is 0.512 e. The second kappa shape index (κ2) is 16.4. The number of piperazine rings is 1. The Morgan fingerprint density at radius 1 is 1.07 bits per heavy atom. The van der Waals surface area contributed by atoms with E-state index < -0.39 is 64.8 Å². The minimum Gasteiger partial charge on any atom is -0.449 e. The Hall–Kier alpha value is -6.24. The third-order valence-corrected chi connectivity index (χ3v) is 10.6. The number of thioether (sulfide) groups is 2. The van der Waals surface area contributed by atoms with Gasteiger partial charge >= 0.3 is 35.9 Å². The highest BCUT2D eigenvalue weighted by Gasteiger charge is 2.66. The number of hydrogen-bond donors (Lipinski definition) is 4. The Morgan fingerprint density at radius 2 is 1.78 bits per heavy atom. The SMILES string of the molecule is CCN1CCN(C(=O)NC(C(=O)N[C@]2(NC=O)C(=O)N3C(OC(=O)O)=C(CSc4nnnn4C)CS[C@H]32)c2ccc(OC(C)=O)c(OC(C)=O)c2)C(=O)C1=O. The number of carbonyl (C=O) groups excluding carboxylic acids is 8. The van der Waals surface area contributed by atoms with Gasteiger partial charge in [-0.1, -0.05) is 17.8 Å². The van der Waals surface area contributed by atoms with Crippen LogP contribution in [0.25, 0.3) is 0 Å². The third kappa shape index (κ3) is 8.15. The van der Waals surface area contributed by atoms with E-state index in [1.165, 1.54) is 15.6 Å². The van der Waals surface area contributed by atoms with Crippen molar-refractivity contribution < 1.29 is 62.5 Å². The average Bonchev–Trinajstić information content (AvgIpc) is 3.54. The summed E-state index contributed by atoms with van der Waals surface area (Å²) in [4.78, 5) is 117. The molecular formula is C30H32N10O13S2. The van der Waals surface area contributed by atoms with Gasteiger partial charge in [-0.25, -0.2) is 14.3 Å². The van der Waals surface area contributed by atoms with Crippen molar-refractivity contribution in [3.8, 4) is 11.5 Å². The van der Waals surface area contributed by atoms with Crippen LogP contribution < -0.4 is 25.4 Å². The molecule has 1 aromatic heterocycles. The molecule has 5 rings (SSSR count). The van der Waals surface area contributed by atoms with Crippen LogP contribution in [-0.2, 0) is 45.3 Å². The molecule has 4 N–H and O–H groups in total. The number of tetrazole rings is 1. The lowest BCUT2D eigenvalue weighted by Crippen LogP contribution is -2.85. The lowest BCUT2D eigenvalue weighted by atomic mass is 9.95. The Morgan fingerprint density at radius 3 is 2.40 bits per heavy atom. The fourth-order valence-corrected chi connectivity index (χ4v) is 8.01. The first-order valence-electron chi connectivity index (χ1n) is 16.0. The van der Waals surface area contributed by atoms with E-state index in [-0.39, 0.29) is 60.5 Å². The zero-order valence-electron chi connectivity index (χ0n) is 29.3. The van der Waals surface area contributed by atoms with Gasteiger partial charge in [0, 0.05) is 57.6 Å². The average molecular weight is 805 g/mol. The standard InChI is InChI=1S/C30H32N10O13S2/c1-5-38-8-9-39(23(46)22(38)45)27(48)32-20(16-6-7-18(51-14(2)42)19(10-16)52-15(3)43)21(44)33-30(31-13-41)25(47)40-24(53-29(49)50)17(11-54-26(30)40)12-55-28-34-35-36-37(28)4/h6-7,10,13,20,26H,5,8-9,11-12H2,1-4H3,(H,31,41)(H,32,48)(H,33,44)(H,49,50)/t20?,26-,30+/m0/s1. The molecule has 0 radical (unpaired) electrons. The van der Waals surface area contributed by atoms with Gasteiger partial charge in [0.2, 0.25) is 29.0 Å². The number of imide groups is 1. The van der Waals surface area contributed by atoms with E-state index in [1.807, 2.05) is 0 Å². The quantitative estimate of drug-likeness (QED) is 0.0347. The van der Waals surface area contributed by atoms with E-state index in [0.29, 0.717) is 15.6 Å². The molecule has 1 unspecified atom stereocenters. The predicted molar refractivity (Wildman–Crippen MR) is 183 cm³/mol. The largest absolute Gasteiger partial charge is 0.512 e. The van der Waals surface area contributed by atoms with Crippen LogP contribution in [0, 0.1) is 0 Å². The molecule has 23 nitrogen and oxygen atoms in total. The molecule has 0 saturated carbocycles. The number of nitrogens with zero attached hydrogens (tertiary/aromatic N) is 7. The first-order valence-corrected chi connectivity index (χ1v) is 18.0. The van der Waals surface area contributed by atoms with Gasteiger partial charge in [0.15, 0.2) is 11.5 Å². The van der Waals surface area contributed by atoms with Gasteiger partial charge in [-0.05, 0) is 35.0 Å². The second-order valence-electron chi connectivity index (χ2n) is 11.7. The molecule has 292 valence electrons. The van der Waals surface area contributed by atoms with Gasteiger partial charge in [0.1, 0.15) is 11.4 Å². The number of urea groups is 1. The number of ether oxygens (including phenoxy) is 3. The monoisotopic (exact) mass is 804 g/mol. The molecule has 2 fully saturated rings. The van der Waals surface area contributed by atoms with Gasteiger partial charge < -0.3 is 40.2 Å². The number of rotatable bonds is 13. The van der Waals surface area contributed by atoms with Crippen LogP contribution in [0.15, 0.2) is 34.8 Å². The molecule has 3 aliphatic heterocycles. The molecule has 2 saturated heterocycles. The maximum absolute atomic E-state index is 14.3. The number of nitrogens with one attached hydrogen (secondary N) is 3. The van der Waals surface area contributed by atoms with Crippen LogP contribution in [0.2, 0.25) is 0 Å². The van der Waals surface area contributed by atoms with Crippen LogP contribution in [0.3, 0.4) is 0 Å². The molecule has 0 bridgehead atoms. The van der Waals surface area contributed by atoms with Crippen molar-refractivity contribution in [1.82, 2.24) is 50.9 Å². The summed E-state index contributed by atoms with van der Waals surface area (Å²) < 4.78 is 16.7. The summed E-state index contributed by atoms with van der Waals surface area (Å²) in [5.41, 5.74) is -2.05. The predicted octanol–water partition coefficient (Wildman–Crippen LogP) is -1.33. The Balaban J connectivity index is 1.49. The zero-order valence-corrected chi connectivity index (χ0v) is 30.9. The third-order valence-electron chi connectivity index (χ3n) is 8.12. The molecule has 1 aromatic carbocycles. The number of carbonyl (C=O) groups is 9. The zero-order chi connectivity index (χ0) is 40.2. The summed E-state index contributed by atoms with van der Waals surface area (Å²) in [7, 11) is 1.59. The van der Waals surface area contributed by atoms with Crippen molar-refractivity contribution >= 4 is 77.7 Å². The van der Waals surface area contributed by atoms with Gasteiger partial charge in [0.25, 0.3) is 5.91 Å². The fourth-order valence-electron chi connectivity index (χ4n) is 5.64. The number of fused-ring (bicyclic) bond motifs is 1. The first kappa shape index (κ1) is 40.0. The van der Waals surface area contributed by atoms with E-state index in [9.17, 15) is 48.3 Å². The van der Waals surface area contributed by atoms with Crippen molar-refractivity contribution in [2.45, 2.75) is 43.0 Å². The minimum absolute atomic E-state index is 0.00111. The highest BCUT2D eigenvalue weighted by atomic mass is 32.2. The summed E-state index contributed by atoms with van der Waals surface area (Å²) in [5.74, 6) is -6.82. The van der Waals surface area contributed by atoms with E-state index >= 15 is 0 Å². The number of aromatic nitrogens is 4. The Labute approximate surface area is 318 Å². The fraction of sp³-hybridized carbons (Fsp3) is 0.400. The van der Waals surface area contributed by atoms with Crippen molar-refractivity contribution in [3.63, 3.8) is 0 Å². The molecule has 4 heterocycles. The number of esters is 2. The first-order chi connectivity index (χ1) is 26.1. The molecule has 3 aliphatic rings. The summed E-state index contributed by atoms with van der Waals surface area (Å²) in [5, 5.41) is 26.9. The van der Waals surface area contributed by atoms with E-state index in [1.54, 1.807) is 14.0 Å². The maximum atomic E-state index is 14.3. The normalized spacial score (nSPS) is 19.8. The number of benzene rings is 1. The molecular weight excluding hydrogens is 773 g/mol. The number of β-lactam (4-membered cyclic amide) rings is 1. The molecule has 0 aliphatic carbocycles. The lowest BCUT2D eigenvalue weighted by molar-refractivity contribution is -0.163. The van der Waals surface area contributed by atoms with Gasteiger partial charge in [-0.15, -0.1) is 16.9 Å². The van der Waals surface area contributed by atoms with Crippen LogP contribution in [0.1, 0.15) is 32.4 Å². The van der Waals surface area contributed by atoms with Crippen molar-refractivity contribution in [3.05, 3.63) is 35.2 Å². The van der Waals surface area contributed by atoms with E-state index in [4.69, 9.17) is 14.2 Å². The van der Waals surface area contributed by atoms with E-state index in [0.717, 1.165) is 54.4 Å². The topological polar surface area (TPSA) is 291 Å². The minimum atomic E-state index is -2.25. The summed E-state index contributed by atoms with van der Waals surface area (Å²) in [6, 6.07) is 0.394. The summed E-state index contributed by atoms with van der Waals surface area (Å²) >= 11 is 2.15. The Bertz CT molecular complexity index is 2010. The van der Waals surface area contributed by atoms with Gasteiger partial charge in [0.05, 0.1) is 0 Å². The second-order valence-corrected chi connectivity index (χ2v) is 13.7. The number of amides is 7. The van der Waals surface area contributed by atoms with Crippen molar-refractivity contribution in [1.29, 1.82) is 0 Å². The molecule has 7 amide bonds. The number of hydrogen-bond acceptors (Lipinski definition) is 17. The number of likely N-dealkylation sites (N-methyl/N-ethyl adjacent to an activating group) is 1. The van der Waals surface area contributed by atoms with Gasteiger partial charge in [-0.2, -0.15) is 0 Å².